The number of aromatic nitrogens is 2. The molecule has 1 aliphatic heterocycles. The zero-order valence-electron chi connectivity index (χ0n) is 8.90. The summed E-state index contributed by atoms with van der Waals surface area (Å²) in [5, 5.41) is 7.55. The van der Waals surface area contributed by atoms with Crippen molar-refractivity contribution in [3.8, 4) is 0 Å². The first-order valence-electron chi connectivity index (χ1n) is 5.23. The molecule has 2 rings (SSSR count). The molecule has 0 aromatic carbocycles. The average molecular weight is 194 g/mol. The van der Waals surface area contributed by atoms with Crippen molar-refractivity contribution >= 4 is 0 Å². The fourth-order valence-corrected chi connectivity index (χ4v) is 1.75. The van der Waals surface area contributed by atoms with Gasteiger partial charge in [-0.05, 0) is 20.0 Å². The summed E-state index contributed by atoms with van der Waals surface area (Å²) in [6.07, 6.45) is 1.88. The summed E-state index contributed by atoms with van der Waals surface area (Å²) >= 11 is 0. The first-order chi connectivity index (χ1) is 6.81. The highest BCUT2D eigenvalue weighted by molar-refractivity contribution is 5.01. The quantitative estimate of drug-likeness (QED) is 0.748. The van der Waals surface area contributed by atoms with E-state index in [4.69, 9.17) is 0 Å². The lowest BCUT2D eigenvalue weighted by Gasteiger charge is -2.35. The number of aryl methyl sites for hydroxylation is 1. The normalized spacial score (nSPS) is 17.4. The van der Waals surface area contributed by atoms with Gasteiger partial charge in [0.25, 0.3) is 0 Å². The first kappa shape index (κ1) is 9.68. The Balaban J connectivity index is 1.95. The SMILES string of the molecule is CCn1nccc1CN(C)C1CNC1. The van der Waals surface area contributed by atoms with Gasteiger partial charge in [0.05, 0.1) is 5.69 Å². The summed E-state index contributed by atoms with van der Waals surface area (Å²) in [6, 6.07) is 2.81. The molecule has 0 unspecified atom stereocenters. The molecule has 1 aliphatic rings. The first-order valence-corrected chi connectivity index (χ1v) is 5.23. The molecule has 0 amide bonds. The van der Waals surface area contributed by atoms with Crippen molar-refractivity contribution < 1.29 is 0 Å². The van der Waals surface area contributed by atoms with Crippen molar-refractivity contribution in [3.63, 3.8) is 0 Å². The minimum Gasteiger partial charge on any atom is -0.314 e. The van der Waals surface area contributed by atoms with Crippen LogP contribution in [0.5, 0.6) is 0 Å². The maximum atomic E-state index is 4.27. The average Bonchev–Trinajstić information content (AvgIpc) is 2.48. The van der Waals surface area contributed by atoms with E-state index in [1.165, 1.54) is 5.69 Å². The lowest BCUT2D eigenvalue weighted by molar-refractivity contribution is 0.169. The van der Waals surface area contributed by atoms with Crippen molar-refractivity contribution in [2.24, 2.45) is 0 Å². The van der Waals surface area contributed by atoms with Crippen LogP contribution in [-0.2, 0) is 13.1 Å². The molecule has 1 aromatic heterocycles. The number of nitrogens with one attached hydrogen (secondary N) is 1. The van der Waals surface area contributed by atoms with E-state index in [0.717, 1.165) is 26.2 Å². The molecule has 14 heavy (non-hydrogen) atoms. The van der Waals surface area contributed by atoms with E-state index >= 15 is 0 Å². The van der Waals surface area contributed by atoms with Crippen LogP contribution in [-0.4, -0.2) is 40.9 Å². The summed E-state index contributed by atoms with van der Waals surface area (Å²) in [5.41, 5.74) is 1.31. The smallest absolute Gasteiger partial charge is 0.0524 e. The molecular weight excluding hydrogens is 176 g/mol. The van der Waals surface area contributed by atoms with E-state index in [2.05, 4.69) is 40.0 Å². The van der Waals surface area contributed by atoms with Crippen molar-refractivity contribution in [2.75, 3.05) is 20.1 Å². The number of hydrogen-bond acceptors (Lipinski definition) is 3. The highest BCUT2D eigenvalue weighted by Crippen LogP contribution is 2.08. The maximum Gasteiger partial charge on any atom is 0.0524 e. The van der Waals surface area contributed by atoms with Crippen LogP contribution in [0.1, 0.15) is 12.6 Å². The van der Waals surface area contributed by atoms with E-state index in [1.54, 1.807) is 0 Å². The monoisotopic (exact) mass is 194 g/mol. The summed E-state index contributed by atoms with van der Waals surface area (Å²) in [5.74, 6) is 0. The molecule has 0 radical (unpaired) electrons. The molecular formula is C10H18N4. The van der Waals surface area contributed by atoms with Crippen LogP contribution in [0.15, 0.2) is 12.3 Å². The molecule has 0 spiro atoms. The zero-order valence-corrected chi connectivity index (χ0v) is 8.90. The van der Waals surface area contributed by atoms with Crippen LogP contribution in [0.4, 0.5) is 0 Å². The van der Waals surface area contributed by atoms with Gasteiger partial charge in [-0.2, -0.15) is 5.10 Å². The third-order valence-electron chi connectivity index (χ3n) is 2.90. The minimum atomic E-state index is 0.704. The fraction of sp³-hybridized carbons (Fsp3) is 0.700. The van der Waals surface area contributed by atoms with Crippen molar-refractivity contribution in [3.05, 3.63) is 18.0 Å². The predicted molar refractivity (Wildman–Crippen MR) is 56.0 cm³/mol. The van der Waals surface area contributed by atoms with Gasteiger partial charge in [0.15, 0.2) is 0 Å². The topological polar surface area (TPSA) is 33.1 Å². The highest BCUT2D eigenvalue weighted by atomic mass is 15.3. The third kappa shape index (κ3) is 1.81. The molecule has 78 valence electrons. The van der Waals surface area contributed by atoms with Crippen molar-refractivity contribution in [2.45, 2.75) is 26.1 Å². The molecule has 2 heterocycles. The Morgan fingerprint density at radius 1 is 1.64 bits per heavy atom. The van der Waals surface area contributed by atoms with Crippen LogP contribution in [0.2, 0.25) is 0 Å². The number of likely N-dealkylation sites (N-methyl/N-ethyl adjacent to an activating group) is 1. The summed E-state index contributed by atoms with van der Waals surface area (Å²) in [6.45, 7) is 6.33. The lowest BCUT2D eigenvalue weighted by Crippen LogP contribution is -2.55. The van der Waals surface area contributed by atoms with Crippen LogP contribution in [0.25, 0.3) is 0 Å². The Labute approximate surface area is 84.9 Å². The van der Waals surface area contributed by atoms with Gasteiger partial charge in [0.1, 0.15) is 0 Å². The van der Waals surface area contributed by atoms with E-state index < -0.39 is 0 Å². The number of hydrogen-bond donors (Lipinski definition) is 1. The number of rotatable bonds is 4. The Kier molecular flexibility index (Phi) is 2.84. The van der Waals surface area contributed by atoms with Gasteiger partial charge in [-0.1, -0.05) is 0 Å². The minimum absolute atomic E-state index is 0.704. The Morgan fingerprint density at radius 2 is 2.43 bits per heavy atom. The molecule has 0 bridgehead atoms. The molecule has 1 saturated heterocycles. The predicted octanol–water partition coefficient (Wildman–Crippen LogP) is 0.307. The largest absolute Gasteiger partial charge is 0.314 e. The second-order valence-electron chi connectivity index (χ2n) is 3.87. The van der Waals surface area contributed by atoms with E-state index in [0.29, 0.717) is 6.04 Å². The van der Waals surface area contributed by atoms with Crippen LogP contribution in [0, 0.1) is 0 Å². The Morgan fingerprint density at radius 3 is 3.00 bits per heavy atom. The molecule has 1 aromatic rings. The lowest BCUT2D eigenvalue weighted by atomic mass is 10.1. The Hall–Kier alpha value is -0.870. The van der Waals surface area contributed by atoms with Gasteiger partial charge in [-0.3, -0.25) is 9.58 Å². The zero-order chi connectivity index (χ0) is 9.97. The molecule has 0 atom stereocenters. The van der Waals surface area contributed by atoms with Crippen molar-refractivity contribution in [1.29, 1.82) is 0 Å². The Bertz CT molecular complexity index is 290. The standard InChI is InChI=1S/C10H18N4/c1-3-14-9(4-5-12-14)8-13(2)10-6-11-7-10/h4-5,10-11H,3,6-8H2,1-2H3. The van der Waals surface area contributed by atoms with Crippen LogP contribution < -0.4 is 5.32 Å². The van der Waals surface area contributed by atoms with E-state index in [9.17, 15) is 0 Å². The van der Waals surface area contributed by atoms with Crippen molar-refractivity contribution in [1.82, 2.24) is 20.0 Å². The van der Waals surface area contributed by atoms with Crippen LogP contribution in [0.3, 0.4) is 0 Å². The highest BCUT2D eigenvalue weighted by Gasteiger charge is 2.21. The molecule has 0 saturated carbocycles. The van der Waals surface area contributed by atoms with Crippen LogP contribution >= 0.6 is 0 Å². The maximum absolute atomic E-state index is 4.27. The van der Waals surface area contributed by atoms with Gasteiger partial charge < -0.3 is 5.32 Å². The third-order valence-corrected chi connectivity index (χ3v) is 2.90. The molecule has 4 nitrogen and oxygen atoms in total. The van der Waals surface area contributed by atoms with E-state index in [1.807, 2.05) is 6.20 Å². The molecule has 1 N–H and O–H groups in total. The summed E-state index contributed by atoms with van der Waals surface area (Å²) in [7, 11) is 2.18. The summed E-state index contributed by atoms with van der Waals surface area (Å²) in [4.78, 5) is 2.39. The van der Waals surface area contributed by atoms with Gasteiger partial charge in [-0.15, -0.1) is 0 Å². The van der Waals surface area contributed by atoms with Gasteiger partial charge in [-0.25, -0.2) is 0 Å². The molecule has 0 aliphatic carbocycles. The second kappa shape index (κ2) is 4.11. The van der Waals surface area contributed by atoms with Gasteiger partial charge in [0.2, 0.25) is 0 Å². The second-order valence-corrected chi connectivity index (χ2v) is 3.87. The van der Waals surface area contributed by atoms with Gasteiger partial charge >= 0.3 is 0 Å². The van der Waals surface area contributed by atoms with E-state index in [-0.39, 0.29) is 0 Å². The summed E-state index contributed by atoms with van der Waals surface area (Å²) < 4.78 is 2.06. The van der Waals surface area contributed by atoms with Gasteiger partial charge in [0, 0.05) is 38.4 Å². The molecule has 4 heteroatoms. The fourth-order valence-electron chi connectivity index (χ4n) is 1.75. The molecule has 1 fully saturated rings. The number of nitrogens with zero attached hydrogens (tertiary/aromatic N) is 3.